The van der Waals surface area contributed by atoms with Gasteiger partial charge in [0.05, 0.1) is 0 Å². The van der Waals surface area contributed by atoms with Crippen LogP contribution >= 0.6 is 0 Å². The number of benzene rings is 2. The molecule has 1 aromatic heterocycles. The monoisotopic (exact) mass is 267 g/mol. The number of fused-ring (bicyclic) bond motifs is 3. The highest BCUT2D eigenvalue weighted by Gasteiger charge is 2.23. The molecule has 0 saturated carbocycles. The average Bonchev–Trinajstić information content (AvgIpc) is 2.67. The first-order chi connectivity index (χ1) is 9.32. The van der Waals surface area contributed by atoms with E-state index >= 15 is 0 Å². The predicted octanol–water partition coefficient (Wildman–Crippen LogP) is 3.85. The van der Waals surface area contributed by atoms with Crippen molar-refractivity contribution in [2.75, 3.05) is 0 Å². The quantitative estimate of drug-likeness (QED) is 0.610. The Morgan fingerprint density at radius 3 is 2.40 bits per heavy atom. The Labute approximate surface area is 118 Å². The topological polar surface area (TPSA) is 47.9 Å². The molecule has 103 valence electrons. The molecule has 2 aromatic carbocycles. The molecule has 20 heavy (non-hydrogen) atoms. The number of nitrogens with zero attached hydrogens (tertiary/aromatic N) is 1. The standard InChI is InChI=1S/C17H18NO2/c1-17(2,3)12-9-11-10-7-5-6-8-13(10)18(4)14(11)16(20)15(12)19/h5-9,20H,1-4H3/p-1. The van der Waals surface area contributed by atoms with Gasteiger partial charge < -0.3 is 9.67 Å². The molecule has 0 spiro atoms. The van der Waals surface area contributed by atoms with Crippen LogP contribution in [0.1, 0.15) is 26.3 Å². The zero-order valence-electron chi connectivity index (χ0n) is 12.2. The first-order valence-electron chi connectivity index (χ1n) is 6.71. The van der Waals surface area contributed by atoms with E-state index in [0.717, 1.165) is 16.3 Å². The highest BCUT2D eigenvalue weighted by Crippen LogP contribution is 2.44. The number of aromatic nitrogens is 1. The molecule has 0 unspecified atom stereocenters. The molecule has 3 aromatic rings. The molecule has 0 saturated heterocycles. The molecule has 0 aliphatic carbocycles. The van der Waals surface area contributed by atoms with Gasteiger partial charge in [0.25, 0.3) is 0 Å². The zero-order chi connectivity index (χ0) is 14.7. The fraction of sp³-hybridized carbons (Fsp3) is 0.294. The van der Waals surface area contributed by atoms with Gasteiger partial charge in [0.15, 0.2) is 5.75 Å². The minimum atomic E-state index is -0.397. The summed E-state index contributed by atoms with van der Waals surface area (Å²) in [5.41, 5.74) is 1.74. The number of rotatable bonds is 0. The van der Waals surface area contributed by atoms with Crippen LogP contribution < -0.4 is 5.11 Å². The smallest absolute Gasteiger partial charge is 0.176 e. The Bertz CT molecular complexity index is 822. The van der Waals surface area contributed by atoms with Gasteiger partial charge >= 0.3 is 0 Å². The lowest BCUT2D eigenvalue weighted by molar-refractivity contribution is -0.268. The summed E-state index contributed by atoms with van der Waals surface area (Å²) < 4.78 is 1.82. The molecule has 0 bridgehead atoms. The van der Waals surface area contributed by atoms with E-state index in [2.05, 4.69) is 0 Å². The summed E-state index contributed by atoms with van der Waals surface area (Å²) in [6, 6.07) is 9.74. The molecular weight excluding hydrogens is 250 g/mol. The van der Waals surface area contributed by atoms with Gasteiger partial charge in [-0.3, -0.25) is 5.11 Å². The van der Waals surface area contributed by atoms with Crippen molar-refractivity contribution < 1.29 is 10.2 Å². The molecule has 3 nitrogen and oxygen atoms in total. The van der Waals surface area contributed by atoms with Crippen LogP contribution in [0, 0.1) is 0 Å². The molecule has 3 heteroatoms. The maximum absolute atomic E-state index is 12.5. The van der Waals surface area contributed by atoms with Crippen LogP contribution in [0.25, 0.3) is 21.8 Å². The summed E-state index contributed by atoms with van der Waals surface area (Å²) in [6.45, 7) is 5.88. The highest BCUT2D eigenvalue weighted by atomic mass is 16.3. The van der Waals surface area contributed by atoms with Gasteiger partial charge in [-0.25, -0.2) is 0 Å². The molecule has 1 radical (unpaired) electrons. The molecular formula is C17H17NO2-. The third-order valence-electron chi connectivity index (χ3n) is 3.91. The van der Waals surface area contributed by atoms with Crippen molar-refractivity contribution in [2.45, 2.75) is 26.2 Å². The van der Waals surface area contributed by atoms with Crippen molar-refractivity contribution in [3.8, 4) is 11.5 Å². The van der Waals surface area contributed by atoms with Crippen LogP contribution in [0.2, 0.25) is 0 Å². The van der Waals surface area contributed by atoms with Crippen LogP contribution in [-0.4, -0.2) is 4.57 Å². The Morgan fingerprint density at radius 1 is 1.10 bits per heavy atom. The van der Waals surface area contributed by atoms with E-state index in [4.69, 9.17) is 0 Å². The first-order valence-corrected chi connectivity index (χ1v) is 6.71. The second kappa shape index (κ2) is 3.92. The van der Waals surface area contributed by atoms with E-state index in [1.165, 1.54) is 0 Å². The van der Waals surface area contributed by atoms with Gasteiger partial charge in [0, 0.05) is 34.4 Å². The molecule has 0 aliphatic rings. The Morgan fingerprint density at radius 2 is 1.75 bits per heavy atom. The van der Waals surface area contributed by atoms with E-state index in [1.807, 2.05) is 62.7 Å². The van der Waals surface area contributed by atoms with E-state index in [1.54, 1.807) is 0 Å². The maximum atomic E-state index is 12.5. The second-order valence-electron chi connectivity index (χ2n) is 6.30. The van der Waals surface area contributed by atoms with Crippen LogP contribution in [0.15, 0.2) is 30.3 Å². The third kappa shape index (κ3) is 1.59. The van der Waals surface area contributed by atoms with E-state index in [9.17, 15) is 10.2 Å². The summed E-state index contributed by atoms with van der Waals surface area (Å²) in [4.78, 5) is 0. The lowest BCUT2D eigenvalue weighted by atomic mass is 9.85. The molecule has 0 aliphatic heterocycles. The van der Waals surface area contributed by atoms with Crippen LogP contribution in [-0.2, 0) is 17.6 Å². The number of para-hydroxylation sites is 1. The summed E-state index contributed by atoms with van der Waals surface area (Å²) in [6.07, 6.45) is 0. The second-order valence-corrected chi connectivity index (χ2v) is 6.30. The average molecular weight is 267 g/mol. The summed E-state index contributed by atoms with van der Waals surface area (Å²) in [5.74, 6) is -0.776. The van der Waals surface area contributed by atoms with Gasteiger partial charge in [-0.15, -0.1) is 0 Å². The van der Waals surface area contributed by atoms with Gasteiger partial charge in [-0.2, -0.15) is 0 Å². The van der Waals surface area contributed by atoms with Gasteiger partial charge in [0.2, 0.25) is 0 Å². The number of hydrogen-bond donors (Lipinski definition) is 0. The van der Waals surface area contributed by atoms with Crippen molar-refractivity contribution in [3.63, 3.8) is 0 Å². The van der Waals surface area contributed by atoms with Crippen LogP contribution in [0.5, 0.6) is 11.5 Å². The van der Waals surface area contributed by atoms with Crippen molar-refractivity contribution in [1.29, 1.82) is 0 Å². The van der Waals surface area contributed by atoms with Crippen molar-refractivity contribution in [2.24, 2.45) is 7.05 Å². The summed E-state index contributed by atoms with van der Waals surface area (Å²) >= 11 is 0. The summed E-state index contributed by atoms with van der Waals surface area (Å²) in [7, 11) is 1.84. The fourth-order valence-electron chi connectivity index (χ4n) is 2.84. The largest absolute Gasteiger partial charge is 0.868 e. The van der Waals surface area contributed by atoms with Gasteiger partial charge in [0.1, 0.15) is 0 Å². The van der Waals surface area contributed by atoms with Crippen molar-refractivity contribution in [1.82, 2.24) is 4.57 Å². The minimum absolute atomic E-state index is 0.332. The Kier molecular flexibility index (Phi) is 2.52. The van der Waals surface area contributed by atoms with Crippen molar-refractivity contribution in [3.05, 3.63) is 35.9 Å². The van der Waals surface area contributed by atoms with E-state index in [0.29, 0.717) is 11.1 Å². The van der Waals surface area contributed by atoms with Crippen LogP contribution in [0.4, 0.5) is 0 Å². The van der Waals surface area contributed by atoms with Gasteiger partial charge in [-0.05, 0) is 23.3 Å². The molecule has 0 N–H and O–H groups in total. The minimum Gasteiger partial charge on any atom is -0.868 e. The van der Waals surface area contributed by atoms with Gasteiger partial charge in [-0.1, -0.05) is 39.0 Å². The fourth-order valence-corrected chi connectivity index (χ4v) is 2.84. The lowest BCUT2D eigenvalue weighted by Gasteiger charge is -2.23. The number of hydrogen-bond acceptors (Lipinski definition) is 1. The maximum Gasteiger partial charge on any atom is 0.176 e. The lowest BCUT2D eigenvalue weighted by Crippen LogP contribution is -2.12. The number of aryl methyl sites for hydroxylation is 1. The molecule has 3 rings (SSSR count). The van der Waals surface area contributed by atoms with Crippen LogP contribution in [0.3, 0.4) is 0 Å². The normalized spacial score (nSPS) is 12.4. The SMILES string of the molecule is Cn1c2ccccc2c2cc(C(C)(C)C)c([O])c([O-])c21. The molecule has 0 atom stereocenters. The Balaban J connectivity index is 2.57. The summed E-state index contributed by atoms with van der Waals surface area (Å²) in [5, 5.41) is 26.7. The molecule has 0 fully saturated rings. The third-order valence-corrected chi connectivity index (χ3v) is 3.91. The molecule has 0 amide bonds. The van der Waals surface area contributed by atoms with E-state index < -0.39 is 5.75 Å². The molecule has 1 heterocycles. The Hall–Kier alpha value is -2.16. The first kappa shape index (κ1) is 12.9. The van der Waals surface area contributed by atoms with Crippen molar-refractivity contribution >= 4 is 21.8 Å². The van der Waals surface area contributed by atoms with E-state index in [-0.39, 0.29) is 11.2 Å². The highest BCUT2D eigenvalue weighted by molar-refractivity contribution is 6.10. The predicted molar refractivity (Wildman–Crippen MR) is 78.7 cm³/mol. The zero-order valence-corrected chi connectivity index (χ0v) is 12.2.